The zero-order valence-electron chi connectivity index (χ0n) is 10.8. The molecule has 17 heavy (non-hydrogen) atoms. The Morgan fingerprint density at radius 1 is 1.29 bits per heavy atom. The topological polar surface area (TPSA) is 29.3 Å². The Morgan fingerprint density at radius 3 is 2.76 bits per heavy atom. The molecule has 1 saturated heterocycles. The van der Waals surface area contributed by atoms with Gasteiger partial charge < -0.3 is 10.6 Å². The molecule has 2 nitrogen and oxygen atoms in total. The standard InChI is InChI=1S/C15H24N2/c1-2-3-7-13-12-17(11-10-15(13)16)14-8-5-4-6-9-14/h4-6,8-9,13,15H,2-3,7,10-12,16H2,1H3/t13-,15-/m1/s1. The predicted molar refractivity (Wildman–Crippen MR) is 74.3 cm³/mol. The van der Waals surface area contributed by atoms with Crippen LogP contribution in [-0.4, -0.2) is 19.1 Å². The van der Waals surface area contributed by atoms with Gasteiger partial charge in [-0.05, 0) is 30.9 Å². The first-order valence-corrected chi connectivity index (χ1v) is 6.87. The molecule has 2 rings (SSSR count). The largest absolute Gasteiger partial charge is 0.371 e. The Labute approximate surface area is 105 Å². The van der Waals surface area contributed by atoms with Gasteiger partial charge in [0.15, 0.2) is 0 Å². The fourth-order valence-electron chi connectivity index (χ4n) is 2.70. The summed E-state index contributed by atoms with van der Waals surface area (Å²) >= 11 is 0. The molecule has 0 aliphatic carbocycles. The van der Waals surface area contributed by atoms with Gasteiger partial charge in [0.1, 0.15) is 0 Å². The highest BCUT2D eigenvalue weighted by Crippen LogP contribution is 2.25. The van der Waals surface area contributed by atoms with Crippen LogP contribution in [0.1, 0.15) is 32.6 Å². The van der Waals surface area contributed by atoms with Crippen LogP contribution in [0.25, 0.3) is 0 Å². The van der Waals surface area contributed by atoms with Crippen LogP contribution < -0.4 is 10.6 Å². The minimum absolute atomic E-state index is 0.404. The van der Waals surface area contributed by atoms with Gasteiger partial charge in [-0.3, -0.25) is 0 Å². The highest BCUT2D eigenvalue weighted by molar-refractivity contribution is 5.46. The summed E-state index contributed by atoms with van der Waals surface area (Å²) in [6.45, 7) is 4.49. The van der Waals surface area contributed by atoms with Crippen molar-refractivity contribution in [3.05, 3.63) is 30.3 Å². The molecular weight excluding hydrogens is 208 g/mol. The first-order chi connectivity index (χ1) is 8.31. The summed E-state index contributed by atoms with van der Waals surface area (Å²) in [4.78, 5) is 2.49. The molecule has 1 heterocycles. The number of para-hydroxylation sites is 1. The number of piperidine rings is 1. The van der Waals surface area contributed by atoms with Crippen LogP contribution >= 0.6 is 0 Å². The summed E-state index contributed by atoms with van der Waals surface area (Å²) in [6, 6.07) is 11.1. The quantitative estimate of drug-likeness (QED) is 0.864. The van der Waals surface area contributed by atoms with Crippen molar-refractivity contribution in [2.45, 2.75) is 38.6 Å². The van der Waals surface area contributed by atoms with E-state index in [1.165, 1.54) is 24.9 Å². The fourth-order valence-corrected chi connectivity index (χ4v) is 2.70. The van der Waals surface area contributed by atoms with Crippen LogP contribution in [-0.2, 0) is 0 Å². The normalized spacial score (nSPS) is 24.9. The second-order valence-corrected chi connectivity index (χ2v) is 5.14. The Bertz CT molecular complexity index is 323. The van der Waals surface area contributed by atoms with E-state index in [4.69, 9.17) is 5.73 Å². The van der Waals surface area contributed by atoms with Crippen LogP contribution in [0, 0.1) is 5.92 Å². The number of benzene rings is 1. The van der Waals surface area contributed by atoms with Gasteiger partial charge >= 0.3 is 0 Å². The number of anilines is 1. The predicted octanol–water partition coefficient (Wildman–Crippen LogP) is 3.03. The third-order valence-electron chi connectivity index (χ3n) is 3.84. The SMILES string of the molecule is CCCC[C@@H]1CN(c2ccccc2)CC[C@H]1N. The number of hydrogen-bond acceptors (Lipinski definition) is 2. The zero-order chi connectivity index (χ0) is 12.1. The maximum Gasteiger partial charge on any atom is 0.0366 e. The summed E-state index contributed by atoms with van der Waals surface area (Å²) in [5.74, 6) is 0.670. The van der Waals surface area contributed by atoms with E-state index in [1.54, 1.807) is 0 Å². The molecule has 0 radical (unpaired) electrons. The van der Waals surface area contributed by atoms with Crippen LogP contribution in [0.4, 0.5) is 5.69 Å². The van der Waals surface area contributed by atoms with Gasteiger partial charge in [0.25, 0.3) is 0 Å². The zero-order valence-corrected chi connectivity index (χ0v) is 10.8. The number of rotatable bonds is 4. The summed E-state index contributed by atoms with van der Waals surface area (Å²) in [5.41, 5.74) is 7.58. The summed E-state index contributed by atoms with van der Waals surface area (Å²) in [5, 5.41) is 0. The minimum atomic E-state index is 0.404. The van der Waals surface area contributed by atoms with Gasteiger partial charge in [0, 0.05) is 24.8 Å². The lowest BCUT2D eigenvalue weighted by molar-refractivity contribution is 0.330. The summed E-state index contributed by atoms with van der Waals surface area (Å²) < 4.78 is 0. The van der Waals surface area contributed by atoms with E-state index >= 15 is 0 Å². The Kier molecular flexibility index (Phi) is 4.43. The highest BCUT2D eigenvalue weighted by atomic mass is 15.1. The van der Waals surface area contributed by atoms with E-state index in [1.807, 2.05) is 0 Å². The Balaban J connectivity index is 1.97. The van der Waals surface area contributed by atoms with Gasteiger partial charge in [0.2, 0.25) is 0 Å². The molecule has 1 aliphatic rings. The van der Waals surface area contributed by atoms with Crippen molar-refractivity contribution in [1.29, 1.82) is 0 Å². The maximum atomic E-state index is 6.23. The molecule has 1 aromatic rings. The molecule has 0 saturated carbocycles. The third-order valence-corrected chi connectivity index (χ3v) is 3.84. The van der Waals surface area contributed by atoms with E-state index in [9.17, 15) is 0 Å². The van der Waals surface area contributed by atoms with Crippen LogP contribution in [0.2, 0.25) is 0 Å². The first kappa shape index (κ1) is 12.4. The van der Waals surface area contributed by atoms with Crippen LogP contribution in [0.15, 0.2) is 30.3 Å². The van der Waals surface area contributed by atoms with Gasteiger partial charge in [-0.2, -0.15) is 0 Å². The average molecular weight is 232 g/mol. The second kappa shape index (κ2) is 6.06. The molecule has 0 spiro atoms. The van der Waals surface area contributed by atoms with E-state index in [2.05, 4.69) is 42.2 Å². The molecule has 2 atom stereocenters. The lowest BCUT2D eigenvalue weighted by Crippen LogP contribution is -2.47. The number of hydrogen-bond donors (Lipinski definition) is 1. The van der Waals surface area contributed by atoms with Crippen molar-refractivity contribution in [2.75, 3.05) is 18.0 Å². The monoisotopic (exact) mass is 232 g/mol. The van der Waals surface area contributed by atoms with Crippen LogP contribution in [0.3, 0.4) is 0 Å². The van der Waals surface area contributed by atoms with E-state index in [0.717, 1.165) is 19.5 Å². The molecule has 2 heteroatoms. The number of unbranched alkanes of at least 4 members (excludes halogenated alkanes) is 1. The van der Waals surface area contributed by atoms with E-state index in [-0.39, 0.29) is 0 Å². The number of nitrogens with zero attached hydrogens (tertiary/aromatic N) is 1. The van der Waals surface area contributed by atoms with Crippen LogP contribution in [0.5, 0.6) is 0 Å². The lowest BCUT2D eigenvalue weighted by Gasteiger charge is -2.38. The molecule has 1 aromatic carbocycles. The van der Waals surface area contributed by atoms with Gasteiger partial charge in [0.05, 0.1) is 0 Å². The van der Waals surface area contributed by atoms with Crippen molar-refractivity contribution < 1.29 is 0 Å². The molecule has 1 fully saturated rings. The van der Waals surface area contributed by atoms with Gasteiger partial charge in [-0.1, -0.05) is 38.0 Å². The lowest BCUT2D eigenvalue weighted by atomic mass is 9.88. The van der Waals surface area contributed by atoms with Crippen molar-refractivity contribution in [1.82, 2.24) is 0 Å². The first-order valence-electron chi connectivity index (χ1n) is 6.87. The molecule has 2 N–H and O–H groups in total. The van der Waals surface area contributed by atoms with Crippen molar-refractivity contribution in [3.63, 3.8) is 0 Å². The maximum absolute atomic E-state index is 6.23. The minimum Gasteiger partial charge on any atom is -0.371 e. The molecule has 94 valence electrons. The molecule has 0 aromatic heterocycles. The van der Waals surface area contributed by atoms with Crippen molar-refractivity contribution in [3.8, 4) is 0 Å². The molecule has 1 aliphatic heterocycles. The molecular formula is C15H24N2. The summed E-state index contributed by atoms with van der Waals surface area (Å²) in [7, 11) is 0. The van der Waals surface area contributed by atoms with Gasteiger partial charge in [-0.15, -0.1) is 0 Å². The molecule has 0 unspecified atom stereocenters. The second-order valence-electron chi connectivity index (χ2n) is 5.14. The average Bonchev–Trinajstić information content (AvgIpc) is 2.39. The summed E-state index contributed by atoms with van der Waals surface area (Å²) in [6.07, 6.45) is 4.99. The van der Waals surface area contributed by atoms with Crippen molar-refractivity contribution in [2.24, 2.45) is 11.7 Å². The van der Waals surface area contributed by atoms with Crippen molar-refractivity contribution >= 4 is 5.69 Å². The van der Waals surface area contributed by atoms with E-state index in [0.29, 0.717) is 12.0 Å². The molecule has 0 amide bonds. The smallest absolute Gasteiger partial charge is 0.0366 e. The Hall–Kier alpha value is -1.02. The molecule has 0 bridgehead atoms. The highest BCUT2D eigenvalue weighted by Gasteiger charge is 2.25. The Morgan fingerprint density at radius 2 is 2.06 bits per heavy atom. The number of nitrogens with two attached hydrogens (primary N) is 1. The van der Waals surface area contributed by atoms with E-state index < -0.39 is 0 Å². The third kappa shape index (κ3) is 3.22. The fraction of sp³-hybridized carbons (Fsp3) is 0.600. The van der Waals surface area contributed by atoms with Gasteiger partial charge in [-0.25, -0.2) is 0 Å².